The van der Waals surface area contributed by atoms with E-state index < -0.39 is 5.82 Å². The highest BCUT2D eigenvalue weighted by Gasteiger charge is 2.53. The minimum atomic E-state index is -0.569. The number of nitrogen functional groups attached to an aromatic ring is 1. The van der Waals surface area contributed by atoms with Gasteiger partial charge in [0.05, 0.1) is 16.1 Å². The van der Waals surface area contributed by atoms with E-state index >= 15 is 4.39 Å². The Morgan fingerprint density at radius 2 is 1.98 bits per heavy atom. The van der Waals surface area contributed by atoms with Gasteiger partial charge in [0.15, 0.2) is 5.82 Å². The van der Waals surface area contributed by atoms with Gasteiger partial charge in [0.2, 0.25) is 0 Å². The molecule has 9 rings (SSSR count). The van der Waals surface area contributed by atoms with Crippen molar-refractivity contribution < 1.29 is 9.13 Å². The Labute approximate surface area is 281 Å². The van der Waals surface area contributed by atoms with Crippen LogP contribution in [0.3, 0.4) is 0 Å². The van der Waals surface area contributed by atoms with Crippen molar-refractivity contribution >= 4 is 54.7 Å². The van der Waals surface area contributed by atoms with Crippen molar-refractivity contribution in [2.75, 3.05) is 43.4 Å². The minimum Gasteiger partial charge on any atom is -0.461 e. The van der Waals surface area contributed by atoms with Gasteiger partial charge in [-0.3, -0.25) is 4.90 Å². The topological polar surface area (TPSA) is 103 Å². The molecule has 2 aromatic carbocycles. The van der Waals surface area contributed by atoms with Crippen molar-refractivity contribution in [2.24, 2.45) is 5.92 Å². The number of ether oxygens (including phenoxy) is 1. The number of anilines is 2. The zero-order valence-electron chi connectivity index (χ0n) is 26.0. The molecule has 1 saturated carbocycles. The largest absolute Gasteiger partial charge is 0.461 e. The number of nitriles is 1. The molecule has 0 amide bonds. The van der Waals surface area contributed by atoms with Gasteiger partial charge in [-0.1, -0.05) is 48.0 Å². The Kier molecular flexibility index (Phi) is 6.49. The van der Waals surface area contributed by atoms with Crippen molar-refractivity contribution in [3.05, 3.63) is 65.0 Å². The number of piperazine rings is 1. The highest BCUT2D eigenvalue weighted by atomic mass is 35.5. The highest BCUT2D eigenvalue weighted by Crippen LogP contribution is 2.50. The average Bonchev–Trinajstić information content (AvgIpc) is 3.61. The van der Waals surface area contributed by atoms with E-state index in [0.29, 0.717) is 51.3 Å². The summed E-state index contributed by atoms with van der Waals surface area (Å²) < 4.78 is 24.4. The molecule has 2 atom stereocenters. The van der Waals surface area contributed by atoms with Crippen LogP contribution in [0.25, 0.3) is 32.1 Å². The summed E-state index contributed by atoms with van der Waals surface area (Å²) >= 11 is 8.30. The van der Waals surface area contributed by atoms with Crippen molar-refractivity contribution in [1.82, 2.24) is 20.2 Å². The first kappa shape index (κ1) is 29.4. The van der Waals surface area contributed by atoms with Gasteiger partial charge in [0, 0.05) is 58.8 Å². The van der Waals surface area contributed by atoms with Gasteiger partial charge in [-0.2, -0.15) is 15.2 Å². The molecule has 11 heteroatoms. The van der Waals surface area contributed by atoms with E-state index in [1.54, 1.807) is 12.1 Å². The van der Waals surface area contributed by atoms with E-state index in [4.69, 9.17) is 32.0 Å². The van der Waals surface area contributed by atoms with E-state index in [9.17, 15) is 5.26 Å². The summed E-state index contributed by atoms with van der Waals surface area (Å²) in [6.07, 6.45) is 6.34. The molecule has 2 aromatic heterocycles. The van der Waals surface area contributed by atoms with Gasteiger partial charge >= 0.3 is 6.01 Å². The summed E-state index contributed by atoms with van der Waals surface area (Å²) in [6, 6.07) is 9.97. The van der Waals surface area contributed by atoms with Crippen LogP contribution in [0, 0.1) is 23.1 Å². The first-order valence-electron chi connectivity index (χ1n) is 16.3. The van der Waals surface area contributed by atoms with Gasteiger partial charge in [-0.25, -0.2) is 4.39 Å². The third-order valence-corrected chi connectivity index (χ3v) is 12.4. The van der Waals surface area contributed by atoms with Crippen molar-refractivity contribution in [3.8, 4) is 23.2 Å². The zero-order chi connectivity index (χ0) is 32.2. The lowest BCUT2D eigenvalue weighted by Crippen LogP contribution is -2.61. The first-order chi connectivity index (χ1) is 22.7. The molecule has 47 heavy (non-hydrogen) atoms. The third kappa shape index (κ3) is 4.51. The maximum absolute atomic E-state index is 17.1. The van der Waals surface area contributed by atoms with Crippen molar-refractivity contribution in [3.63, 3.8) is 0 Å². The van der Waals surface area contributed by atoms with Crippen LogP contribution in [0.4, 0.5) is 15.2 Å². The lowest BCUT2D eigenvalue weighted by Gasteiger charge is -2.42. The Hall–Kier alpha value is -3.75. The number of benzene rings is 2. The van der Waals surface area contributed by atoms with E-state index in [1.165, 1.54) is 35.3 Å². The molecule has 5 fully saturated rings. The fraction of sp³-hybridized carbons (Fsp3) is 0.417. The predicted octanol–water partition coefficient (Wildman–Crippen LogP) is 6.82. The number of halogens is 2. The fourth-order valence-corrected chi connectivity index (χ4v) is 10.3. The zero-order valence-corrected chi connectivity index (χ0v) is 27.6. The van der Waals surface area contributed by atoms with Crippen LogP contribution in [-0.4, -0.2) is 64.8 Å². The summed E-state index contributed by atoms with van der Waals surface area (Å²) in [7, 11) is 0. The second kappa shape index (κ2) is 10.4. The Morgan fingerprint density at radius 1 is 1.19 bits per heavy atom. The fourth-order valence-electron chi connectivity index (χ4n) is 9.01. The Bertz CT molecular complexity index is 2070. The number of nitrogens with zero attached hydrogens (tertiary/aromatic N) is 5. The summed E-state index contributed by atoms with van der Waals surface area (Å²) in [4.78, 5) is 14.5. The van der Waals surface area contributed by atoms with Crippen LogP contribution in [0.5, 0.6) is 6.01 Å². The number of hydrogen-bond donors (Lipinski definition) is 2. The molecule has 5 aliphatic rings. The molecule has 4 aromatic rings. The Balaban J connectivity index is 1.20. The second-order valence-corrected chi connectivity index (χ2v) is 15.8. The standard InChI is InChI=1S/C36H35ClFN7OS/c1-19-11-35(12-20(2)15-45(35)14-19)18-46-34-41-31-24(33(42-34)44-16-22-8-9-36(17-44,43-22)21-6-7-21)10-26(37)29(30(31)38)23-4-3-5-27-28(23)25(13-39)32(40)47-27/h3-5,10,21-22,43H,1-2,6-9,11-12,14-18,40H2/t22-,36+/m0/s1. The number of fused-ring (bicyclic) bond motifs is 5. The molecule has 2 bridgehead atoms. The van der Waals surface area contributed by atoms with Crippen LogP contribution in [-0.2, 0) is 0 Å². The van der Waals surface area contributed by atoms with E-state index in [1.807, 2.05) is 12.1 Å². The molecule has 240 valence electrons. The summed E-state index contributed by atoms with van der Waals surface area (Å²) in [5, 5.41) is 15.6. The van der Waals surface area contributed by atoms with Crippen molar-refractivity contribution in [2.45, 2.75) is 55.6 Å². The number of aromatic nitrogens is 2. The van der Waals surface area contributed by atoms with Gasteiger partial charge in [0.25, 0.3) is 0 Å². The number of rotatable bonds is 6. The van der Waals surface area contributed by atoms with Crippen LogP contribution in [0.2, 0.25) is 5.02 Å². The lowest BCUT2D eigenvalue weighted by molar-refractivity contribution is 0.108. The molecule has 4 saturated heterocycles. The number of hydrogen-bond acceptors (Lipinski definition) is 9. The van der Waals surface area contributed by atoms with Crippen LogP contribution in [0.1, 0.15) is 44.1 Å². The number of thiophene rings is 1. The maximum Gasteiger partial charge on any atom is 0.319 e. The van der Waals surface area contributed by atoms with Crippen LogP contribution in [0.15, 0.2) is 48.6 Å². The third-order valence-electron chi connectivity index (χ3n) is 11.1. The van der Waals surface area contributed by atoms with E-state index in [2.05, 4.69) is 34.3 Å². The minimum absolute atomic E-state index is 0.0413. The van der Waals surface area contributed by atoms with Gasteiger partial charge in [0.1, 0.15) is 29.0 Å². The highest BCUT2D eigenvalue weighted by molar-refractivity contribution is 7.23. The van der Waals surface area contributed by atoms with Crippen LogP contribution >= 0.6 is 22.9 Å². The maximum atomic E-state index is 17.1. The molecule has 1 aliphatic carbocycles. The quantitative estimate of drug-likeness (QED) is 0.216. The molecular weight excluding hydrogens is 633 g/mol. The number of nitrogens with one attached hydrogen (secondary N) is 1. The predicted molar refractivity (Wildman–Crippen MR) is 186 cm³/mol. The summed E-state index contributed by atoms with van der Waals surface area (Å²) in [5.74, 6) is 0.725. The normalized spacial score (nSPS) is 25.2. The SMILES string of the molecule is C=C1CN2CC(=C)CC2(COc2nc(N3C[C@@H]4CC[C@](C5CC5)(C3)N4)c3cc(Cl)c(-c4cccc5sc(N)c(C#N)c45)c(F)c3n2)C1. The van der Waals surface area contributed by atoms with Crippen LogP contribution < -0.4 is 20.7 Å². The molecule has 4 aliphatic heterocycles. The smallest absolute Gasteiger partial charge is 0.319 e. The number of nitrogens with two attached hydrogens (primary N) is 1. The summed E-state index contributed by atoms with van der Waals surface area (Å²) in [5.41, 5.74) is 9.52. The average molecular weight is 668 g/mol. The summed E-state index contributed by atoms with van der Waals surface area (Å²) in [6.45, 7) is 12.1. The van der Waals surface area contributed by atoms with Gasteiger partial charge in [-0.05, 0) is 62.1 Å². The Morgan fingerprint density at radius 3 is 2.72 bits per heavy atom. The monoisotopic (exact) mass is 667 g/mol. The lowest BCUT2D eigenvalue weighted by atomic mass is 9.90. The molecule has 3 N–H and O–H groups in total. The second-order valence-electron chi connectivity index (χ2n) is 14.3. The molecule has 0 radical (unpaired) electrons. The first-order valence-corrected chi connectivity index (χ1v) is 17.5. The van der Waals surface area contributed by atoms with Crippen molar-refractivity contribution in [1.29, 1.82) is 5.26 Å². The molecule has 8 nitrogen and oxygen atoms in total. The van der Waals surface area contributed by atoms with E-state index in [0.717, 1.165) is 56.6 Å². The van der Waals surface area contributed by atoms with Gasteiger partial charge in [-0.15, -0.1) is 11.3 Å². The molecule has 0 unspecified atom stereocenters. The molecular formula is C36H35ClFN7OS. The van der Waals surface area contributed by atoms with E-state index in [-0.39, 0.29) is 33.2 Å². The molecule has 0 spiro atoms. The molecule has 6 heterocycles. The van der Waals surface area contributed by atoms with Gasteiger partial charge < -0.3 is 20.7 Å².